The van der Waals surface area contributed by atoms with E-state index < -0.39 is 40.0 Å². The van der Waals surface area contributed by atoms with E-state index in [9.17, 15) is 26.7 Å². The van der Waals surface area contributed by atoms with Gasteiger partial charge in [-0.05, 0) is 0 Å². The third-order valence-electron chi connectivity index (χ3n) is 1.44. The quantitative estimate of drug-likeness (QED) is 0.337. The van der Waals surface area contributed by atoms with Crippen molar-refractivity contribution in [2.45, 2.75) is 0 Å². The molecule has 1 rings (SSSR count). The Morgan fingerprint density at radius 2 is 1.20 bits per heavy atom. The van der Waals surface area contributed by atoms with Crippen molar-refractivity contribution in [1.82, 2.24) is 0 Å². The number of thiol groups is 1. The molecule has 0 saturated heterocycles. The number of rotatable bonds is 1. The van der Waals surface area contributed by atoms with Gasteiger partial charge in [0.2, 0.25) is 5.82 Å². The van der Waals surface area contributed by atoms with E-state index in [0.717, 1.165) is 0 Å². The molecule has 0 bridgehead atoms. The SMILES string of the molecule is O=C(S)Nc1c(F)c(F)c(F)c(F)c1F. The molecule has 0 aromatic heterocycles. The summed E-state index contributed by atoms with van der Waals surface area (Å²) in [6, 6.07) is 0. The number of carbonyl (C=O) groups excluding carboxylic acids is 1. The molecule has 8 heteroatoms. The number of hydrogen-bond donors (Lipinski definition) is 2. The fraction of sp³-hybridized carbons (Fsp3) is 0. The highest BCUT2D eigenvalue weighted by atomic mass is 32.1. The molecule has 0 radical (unpaired) electrons. The third kappa shape index (κ3) is 2.04. The summed E-state index contributed by atoms with van der Waals surface area (Å²) in [5.41, 5.74) is -1.42. The van der Waals surface area contributed by atoms with Crippen molar-refractivity contribution in [1.29, 1.82) is 0 Å². The second kappa shape index (κ2) is 4.05. The fourth-order valence-corrected chi connectivity index (χ4v) is 0.933. The van der Waals surface area contributed by atoms with Crippen molar-refractivity contribution in [2.24, 2.45) is 0 Å². The average Bonchev–Trinajstić information content (AvgIpc) is 2.18. The Labute approximate surface area is 85.5 Å². The van der Waals surface area contributed by atoms with Crippen LogP contribution < -0.4 is 5.32 Å². The first-order valence-corrected chi connectivity index (χ1v) is 3.82. The Kier molecular flexibility index (Phi) is 3.18. The lowest BCUT2D eigenvalue weighted by Crippen LogP contribution is -2.11. The third-order valence-corrected chi connectivity index (χ3v) is 1.55. The molecule has 1 N–H and O–H groups in total. The van der Waals surface area contributed by atoms with Gasteiger partial charge >= 0.3 is 0 Å². The average molecular weight is 243 g/mol. The van der Waals surface area contributed by atoms with Gasteiger partial charge in [-0.3, -0.25) is 4.79 Å². The van der Waals surface area contributed by atoms with Gasteiger partial charge in [-0.1, -0.05) is 12.6 Å². The van der Waals surface area contributed by atoms with E-state index in [1.807, 2.05) is 0 Å². The smallest absolute Gasteiger partial charge is 0.280 e. The zero-order valence-electron chi connectivity index (χ0n) is 6.75. The molecule has 0 unspecified atom stereocenters. The van der Waals surface area contributed by atoms with E-state index in [0.29, 0.717) is 0 Å². The molecule has 0 atom stereocenters. The summed E-state index contributed by atoms with van der Waals surface area (Å²) < 4.78 is 63.1. The molecule has 0 aliphatic rings. The van der Waals surface area contributed by atoms with Crippen LogP contribution in [-0.4, -0.2) is 5.24 Å². The lowest BCUT2D eigenvalue weighted by molar-refractivity contribution is 0.269. The van der Waals surface area contributed by atoms with Crippen LogP contribution in [0.3, 0.4) is 0 Å². The molecule has 1 aromatic rings. The van der Waals surface area contributed by atoms with Gasteiger partial charge in [-0.25, -0.2) is 22.0 Å². The molecule has 0 heterocycles. The van der Waals surface area contributed by atoms with Crippen molar-refractivity contribution >= 4 is 23.6 Å². The standard InChI is InChI=1S/C7H2F5NOS/c8-1-2(9)4(11)6(13-7(14)15)5(12)3(1)10/h(H2,13,14,15). The van der Waals surface area contributed by atoms with Gasteiger partial charge in [-0.2, -0.15) is 0 Å². The minimum atomic E-state index is -2.29. The maximum atomic E-state index is 12.8. The second-order valence-electron chi connectivity index (χ2n) is 2.38. The van der Waals surface area contributed by atoms with E-state index in [1.54, 1.807) is 0 Å². The van der Waals surface area contributed by atoms with E-state index in [4.69, 9.17) is 0 Å². The first kappa shape index (κ1) is 11.8. The molecular formula is C7H2F5NOS. The molecule has 82 valence electrons. The number of halogens is 5. The lowest BCUT2D eigenvalue weighted by atomic mass is 10.2. The molecule has 1 amide bonds. The van der Waals surface area contributed by atoms with Gasteiger partial charge in [0.25, 0.3) is 5.24 Å². The zero-order chi connectivity index (χ0) is 11.7. The highest BCUT2D eigenvalue weighted by Gasteiger charge is 2.26. The highest BCUT2D eigenvalue weighted by Crippen LogP contribution is 2.27. The summed E-state index contributed by atoms with van der Waals surface area (Å²) in [5.74, 6) is -10.8. The Morgan fingerprint density at radius 1 is 0.867 bits per heavy atom. The Hall–Kier alpha value is -1.31. The largest absolute Gasteiger partial charge is 0.312 e. The normalized spacial score (nSPS) is 10.3. The van der Waals surface area contributed by atoms with Crippen molar-refractivity contribution in [3.63, 3.8) is 0 Å². The van der Waals surface area contributed by atoms with Crippen LogP contribution in [0, 0.1) is 29.1 Å². The summed E-state index contributed by atoms with van der Waals surface area (Å²) in [5, 5.41) is 0.127. The topological polar surface area (TPSA) is 29.1 Å². The molecule has 2 nitrogen and oxygen atoms in total. The summed E-state index contributed by atoms with van der Waals surface area (Å²) in [6.07, 6.45) is 0. The molecular weight excluding hydrogens is 241 g/mol. The van der Waals surface area contributed by atoms with E-state index in [1.165, 1.54) is 5.32 Å². The Morgan fingerprint density at radius 3 is 1.53 bits per heavy atom. The van der Waals surface area contributed by atoms with Crippen molar-refractivity contribution in [3.8, 4) is 0 Å². The number of benzene rings is 1. The number of hydrogen-bond acceptors (Lipinski definition) is 1. The summed E-state index contributed by atoms with van der Waals surface area (Å²) in [7, 11) is 0. The zero-order valence-corrected chi connectivity index (χ0v) is 7.64. The monoisotopic (exact) mass is 243 g/mol. The molecule has 0 spiro atoms. The molecule has 0 aliphatic carbocycles. The maximum absolute atomic E-state index is 12.8. The number of carbonyl (C=O) groups is 1. The molecule has 1 aromatic carbocycles. The number of amides is 1. The highest BCUT2D eigenvalue weighted by molar-refractivity contribution is 7.96. The van der Waals surface area contributed by atoms with Crippen LogP contribution in [0.15, 0.2) is 0 Å². The molecule has 15 heavy (non-hydrogen) atoms. The summed E-state index contributed by atoms with van der Waals surface area (Å²) in [4.78, 5) is 10.3. The Bertz CT molecular complexity index is 407. The van der Waals surface area contributed by atoms with Crippen LogP contribution in [0.5, 0.6) is 0 Å². The van der Waals surface area contributed by atoms with Crippen LogP contribution >= 0.6 is 12.6 Å². The number of anilines is 1. The Balaban J connectivity index is 3.45. The fourth-order valence-electron chi connectivity index (χ4n) is 0.822. The molecule has 0 fully saturated rings. The van der Waals surface area contributed by atoms with Gasteiger partial charge in [0.1, 0.15) is 5.69 Å². The van der Waals surface area contributed by atoms with E-state index >= 15 is 0 Å². The predicted octanol–water partition coefficient (Wildman–Crippen LogP) is 2.84. The van der Waals surface area contributed by atoms with Gasteiger partial charge in [-0.15, -0.1) is 0 Å². The van der Waals surface area contributed by atoms with Crippen molar-refractivity contribution in [3.05, 3.63) is 29.1 Å². The van der Waals surface area contributed by atoms with Crippen LogP contribution in [0.4, 0.5) is 32.4 Å². The minimum absolute atomic E-state index is 1.25. The van der Waals surface area contributed by atoms with E-state index in [-0.39, 0.29) is 0 Å². The predicted molar refractivity (Wildman–Crippen MR) is 44.2 cm³/mol. The molecule has 0 aliphatic heterocycles. The summed E-state index contributed by atoms with van der Waals surface area (Å²) in [6.45, 7) is 0. The molecule has 0 saturated carbocycles. The first-order valence-electron chi connectivity index (χ1n) is 3.37. The number of nitrogens with one attached hydrogen (secondary N) is 1. The van der Waals surface area contributed by atoms with Crippen molar-refractivity contribution < 1.29 is 26.7 Å². The van der Waals surface area contributed by atoms with Gasteiger partial charge in [0, 0.05) is 0 Å². The lowest BCUT2D eigenvalue weighted by Gasteiger charge is -2.07. The van der Waals surface area contributed by atoms with Crippen LogP contribution in [0.25, 0.3) is 0 Å². The van der Waals surface area contributed by atoms with Crippen molar-refractivity contribution in [2.75, 3.05) is 5.32 Å². The first-order chi connectivity index (χ1) is 6.86. The van der Waals surface area contributed by atoms with Gasteiger partial charge in [0.05, 0.1) is 0 Å². The van der Waals surface area contributed by atoms with Crippen LogP contribution in [-0.2, 0) is 0 Å². The van der Waals surface area contributed by atoms with Gasteiger partial charge in [0.15, 0.2) is 23.3 Å². The maximum Gasteiger partial charge on any atom is 0.280 e. The second-order valence-corrected chi connectivity index (χ2v) is 2.78. The summed E-state index contributed by atoms with van der Waals surface area (Å²) >= 11 is 3.08. The van der Waals surface area contributed by atoms with Crippen LogP contribution in [0.2, 0.25) is 0 Å². The minimum Gasteiger partial charge on any atom is -0.312 e. The van der Waals surface area contributed by atoms with Gasteiger partial charge < -0.3 is 5.32 Å². The van der Waals surface area contributed by atoms with Crippen LogP contribution in [0.1, 0.15) is 0 Å². The van der Waals surface area contributed by atoms with E-state index in [2.05, 4.69) is 12.6 Å².